The van der Waals surface area contributed by atoms with Crippen molar-refractivity contribution in [3.8, 4) is 11.5 Å². The third-order valence-electron chi connectivity index (χ3n) is 4.70. The zero-order chi connectivity index (χ0) is 20.8. The average molecular weight is 398 g/mol. The van der Waals surface area contributed by atoms with Crippen molar-refractivity contribution in [2.45, 2.75) is 18.9 Å². The van der Waals surface area contributed by atoms with Gasteiger partial charge in [0.1, 0.15) is 0 Å². The summed E-state index contributed by atoms with van der Waals surface area (Å²) in [7, 11) is 3.17. The number of hydrazone groups is 1. The Kier molecular flexibility index (Phi) is 6.40. The number of hydrogen-bond acceptors (Lipinski definition) is 7. The third kappa shape index (κ3) is 4.88. The molecule has 1 amide bonds. The summed E-state index contributed by atoms with van der Waals surface area (Å²) in [5.74, 6) is 1.05. The number of nitro groups is 1. The lowest BCUT2D eigenvalue weighted by atomic mass is 9.91. The molecule has 1 unspecified atom stereocenters. The fraction of sp³-hybridized carbons (Fsp3) is 0.300. The maximum absolute atomic E-state index is 12.3. The van der Waals surface area contributed by atoms with Crippen LogP contribution < -0.4 is 20.2 Å². The van der Waals surface area contributed by atoms with E-state index in [0.29, 0.717) is 17.1 Å². The number of fused-ring (bicyclic) bond motifs is 1. The van der Waals surface area contributed by atoms with Gasteiger partial charge in [0.25, 0.3) is 5.69 Å². The molecule has 3 rings (SSSR count). The summed E-state index contributed by atoms with van der Waals surface area (Å²) >= 11 is 0. The van der Waals surface area contributed by atoms with Gasteiger partial charge in [0, 0.05) is 24.6 Å². The summed E-state index contributed by atoms with van der Waals surface area (Å²) < 4.78 is 10.7. The number of methoxy groups -OCH3 is 2. The number of hydrogen-bond donors (Lipinski definition) is 2. The second kappa shape index (κ2) is 9.16. The van der Waals surface area contributed by atoms with Gasteiger partial charge in [-0.1, -0.05) is 0 Å². The first-order valence-corrected chi connectivity index (χ1v) is 9.06. The predicted octanol–water partition coefficient (Wildman–Crippen LogP) is 2.34. The van der Waals surface area contributed by atoms with E-state index in [1.165, 1.54) is 18.3 Å². The minimum absolute atomic E-state index is 0.000261. The monoisotopic (exact) mass is 398 g/mol. The first kappa shape index (κ1) is 20.3. The number of amides is 1. The van der Waals surface area contributed by atoms with Gasteiger partial charge in [0.15, 0.2) is 11.5 Å². The maximum Gasteiger partial charge on any atom is 0.269 e. The summed E-state index contributed by atoms with van der Waals surface area (Å²) in [6.07, 6.45) is 2.49. The van der Waals surface area contributed by atoms with Crippen molar-refractivity contribution < 1.29 is 19.2 Å². The summed E-state index contributed by atoms with van der Waals surface area (Å²) in [6, 6.07) is 9.58. The van der Waals surface area contributed by atoms with Gasteiger partial charge >= 0.3 is 0 Å². The molecule has 1 atom stereocenters. The normalized spacial score (nSPS) is 15.6. The molecule has 1 aliphatic heterocycles. The van der Waals surface area contributed by atoms with Crippen molar-refractivity contribution in [2.24, 2.45) is 5.10 Å². The van der Waals surface area contributed by atoms with E-state index in [9.17, 15) is 14.9 Å². The maximum atomic E-state index is 12.3. The average Bonchev–Trinajstić information content (AvgIpc) is 2.73. The van der Waals surface area contributed by atoms with E-state index in [1.54, 1.807) is 26.4 Å². The van der Waals surface area contributed by atoms with E-state index in [0.717, 1.165) is 24.1 Å². The SMILES string of the molecule is COc1cc2c(cc1OC)C(CC(=O)N/N=C/c1ccc([N+](=O)[O-])cc1)NCC2. The molecule has 1 heterocycles. The molecule has 2 aromatic carbocycles. The number of carbonyl (C=O) groups is 1. The van der Waals surface area contributed by atoms with Crippen molar-refractivity contribution in [3.63, 3.8) is 0 Å². The number of benzene rings is 2. The van der Waals surface area contributed by atoms with Crippen molar-refractivity contribution in [2.75, 3.05) is 20.8 Å². The van der Waals surface area contributed by atoms with E-state index in [4.69, 9.17) is 9.47 Å². The zero-order valence-electron chi connectivity index (χ0n) is 16.2. The highest BCUT2D eigenvalue weighted by Crippen LogP contribution is 2.36. The first-order chi connectivity index (χ1) is 14.0. The lowest BCUT2D eigenvalue weighted by Crippen LogP contribution is -2.33. The highest BCUT2D eigenvalue weighted by Gasteiger charge is 2.24. The minimum atomic E-state index is -0.470. The molecule has 9 nitrogen and oxygen atoms in total. The Bertz CT molecular complexity index is 927. The first-order valence-electron chi connectivity index (χ1n) is 9.06. The van der Waals surface area contributed by atoms with Crippen LogP contribution in [0.4, 0.5) is 5.69 Å². The number of nitrogens with one attached hydrogen (secondary N) is 2. The molecule has 2 aromatic rings. The number of ether oxygens (including phenoxy) is 2. The van der Waals surface area contributed by atoms with Crippen LogP contribution in [0.1, 0.15) is 29.2 Å². The van der Waals surface area contributed by atoms with Crippen LogP contribution in [0.3, 0.4) is 0 Å². The van der Waals surface area contributed by atoms with Gasteiger partial charge in [-0.05, 0) is 53.9 Å². The molecule has 9 heteroatoms. The van der Waals surface area contributed by atoms with Crippen molar-refractivity contribution in [1.82, 2.24) is 10.7 Å². The van der Waals surface area contributed by atoms with Crippen molar-refractivity contribution >= 4 is 17.8 Å². The number of nitro benzene ring substituents is 1. The van der Waals surface area contributed by atoms with Crippen molar-refractivity contribution in [3.05, 3.63) is 63.2 Å². The van der Waals surface area contributed by atoms with Crippen LogP contribution >= 0.6 is 0 Å². The van der Waals surface area contributed by atoms with Gasteiger partial charge in [-0.15, -0.1) is 0 Å². The van der Waals surface area contributed by atoms with Crippen LogP contribution in [0.5, 0.6) is 11.5 Å². The van der Waals surface area contributed by atoms with Gasteiger partial charge in [-0.3, -0.25) is 14.9 Å². The lowest BCUT2D eigenvalue weighted by Gasteiger charge is -2.27. The van der Waals surface area contributed by atoms with E-state index < -0.39 is 4.92 Å². The second-order valence-corrected chi connectivity index (χ2v) is 6.51. The molecule has 0 spiro atoms. The van der Waals surface area contributed by atoms with Crippen LogP contribution in [0.2, 0.25) is 0 Å². The highest BCUT2D eigenvalue weighted by molar-refractivity contribution is 5.83. The lowest BCUT2D eigenvalue weighted by molar-refractivity contribution is -0.384. The van der Waals surface area contributed by atoms with Crippen LogP contribution in [-0.2, 0) is 11.2 Å². The Hall–Kier alpha value is -3.46. The Morgan fingerprint density at radius 3 is 2.62 bits per heavy atom. The van der Waals surface area contributed by atoms with Gasteiger partial charge in [0.2, 0.25) is 5.91 Å². The molecule has 0 saturated carbocycles. The number of non-ortho nitro benzene ring substituents is 1. The van der Waals surface area contributed by atoms with Gasteiger partial charge in [-0.2, -0.15) is 5.10 Å². The van der Waals surface area contributed by atoms with E-state index in [2.05, 4.69) is 15.8 Å². The van der Waals surface area contributed by atoms with Crippen LogP contribution in [0.15, 0.2) is 41.5 Å². The smallest absolute Gasteiger partial charge is 0.269 e. The molecular weight excluding hydrogens is 376 g/mol. The molecular formula is C20H22N4O5. The topological polar surface area (TPSA) is 115 Å². The molecule has 1 aliphatic rings. The summed E-state index contributed by atoms with van der Waals surface area (Å²) in [5, 5.41) is 17.9. The van der Waals surface area contributed by atoms with Gasteiger partial charge in [0.05, 0.1) is 25.4 Å². The second-order valence-electron chi connectivity index (χ2n) is 6.51. The molecule has 0 aromatic heterocycles. The molecule has 2 N–H and O–H groups in total. The Morgan fingerprint density at radius 1 is 1.28 bits per heavy atom. The number of rotatable bonds is 7. The Balaban J connectivity index is 1.63. The molecule has 0 radical (unpaired) electrons. The standard InChI is InChI=1S/C20H22N4O5/c1-28-18-9-14-7-8-21-17(16(14)10-19(18)29-2)11-20(25)23-22-12-13-3-5-15(6-4-13)24(26)27/h3-6,9-10,12,17,21H,7-8,11H2,1-2H3,(H,23,25)/b22-12+. The predicted molar refractivity (Wildman–Crippen MR) is 107 cm³/mol. The van der Waals surface area contributed by atoms with E-state index >= 15 is 0 Å². The highest BCUT2D eigenvalue weighted by atomic mass is 16.6. The Labute approximate surface area is 167 Å². The van der Waals surface area contributed by atoms with Gasteiger partial charge < -0.3 is 14.8 Å². The number of carbonyl (C=O) groups excluding carboxylic acids is 1. The molecule has 152 valence electrons. The molecule has 0 saturated heterocycles. The molecule has 0 bridgehead atoms. The summed E-state index contributed by atoms with van der Waals surface area (Å²) in [4.78, 5) is 22.5. The van der Waals surface area contributed by atoms with Gasteiger partial charge in [-0.25, -0.2) is 5.43 Å². The van der Waals surface area contributed by atoms with Crippen LogP contribution in [0, 0.1) is 10.1 Å². The molecule has 0 fully saturated rings. The molecule has 0 aliphatic carbocycles. The zero-order valence-corrected chi connectivity index (χ0v) is 16.2. The quantitative estimate of drug-likeness (QED) is 0.420. The van der Waals surface area contributed by atoms with Crippen LogP contribution in [0.25, 0.3) is 0 Å². The largest absolute Gasteiger partial charge is 0.493 e. The van der Waals surface area contributed by atoms with Crippen LogP contribution in [-0.4, -0.2) is 37.8 Å². The van der Waals surface area contributed by atoms with E-state index in [-0.39, 0.29) is 24.1 Å². The van der Waals surface area contributed by atoms with Crippen molar-refractivity contribution in [1.29, 1.82) is 0 Å². The van der Waals surface area contributed by atoms with E-state index in [1.807, 2.05) is 12.1 Å². The molecule has 29 heavy (non-hydrogen) atoms. The fourth-order valence-electron chi connectivity index (χ4n) is 3.24. The summed E-state index contributed by atoms with van der Waals surface area (Å²) in [6.45, 7) is 0.756. The summed E-state index contributed by atoms with van der Waals surface area (Å²) in [5.41, 5.74) is 5.27. The fourth-order valence-corrected chi connectivity index (χ4v) is 3.24. The minimum Gasteiger partial charge on any atom is -0.493 e. The third-order valence-corrected chi connectivity index (χ3v) is 4.70. The Morgan fingerprint density at radius 2 is 1.97 bits per heavy atom. The number of nitrogens with zero attached hydrogens (tertiary/aromatic N) is 2.